The van der Waals surface area contributed by atoms with Crippen molar-refractivity contribution >= 4 is 29.0 Å². The fourth-order valence-electron chi connectivity index (χ4n) is 4.79. The maximum atomic E-state index is 12.2. The second-order valence-corrected chi connectivity index (χ2v) is 9.07. The minimum Gasteiger partial charge on any atom is -0.465 e. The molecular formula is C28H26N4O2S. The number of thiocarbonyl (C=S) groups is 1. The summed E-state index contributed by atoms with van der Waals surface area (Å²) >= 11 is 5.88. The number of rotatable bonds is 5. The van der Waals surface area contributed by atoms with Crippen LogP contribution in [0.15, 0.2) is 85.2 Å². The number of nitrogens with one attached hydrogen (secondary N) is 1. The highest BCUT2D eigenvalue weighted by Gasteiger charge is 2.42. The Kier molecular flexibility index (Phi) is 6.09. The summed E-state index contributed by atoms with van der Waals surface area (Å²) in [5.74, 6) is -0.368. The van der Waals surface area contributed by atoms with E-state index in [1.807, 2.05) is 48.7 Å². The molecule has 0 unspecified atom stereocenters. The van der Waals surface area contributed by atoms with Gasteiger partial charge in [0.15, 0.2) is 5.11 Å². The molecule has 2 atom stereocenters. The molecule has 0 spiro atoms. The largest absolute Gasteiger partial charge is 0.465 e. The first kappa shape index (κ1) is 22.8. The van der Waals surface area contributed by atoms with E-state index in [0.29, 0.717) is 10.7 Å². The maximum absolute atomic E-state index is 12.2. The fourth-order valence-corrected chi connectivity index (χ4v) is 5.14. The standard InChI is InChI=1S/C28H26N4O2S/c1-18-14-19(2)16-22(15-18)32-26(25(30-28(32)35)23-10-4-5-12-29-23)24-11-7-13-31(24)21-9-6-8-20(17-21)27(33)34-3/h4-17,25-26H,1-3H3,(H,30,35)/t25-,26+/m0/s1. The third kappa shape index (κ3) is 4.31. The summed E-state index contributed by atoms with van der Waals surface area (Å²) in [5.41, 5.74) is 6.66. The zero-order valence-corrected chi connectivity index (χ0v) is 20.6. The number of aromatic nitrogens is 2. The highest BCUT2D eigenvalue weighted by molar-refractivity contribution is 7.80. The average molecular weight is 483 g/mol. The Labute approximate surface area is 210 Å². The molecule has 1 aliphatic rings. The van der Waals surface area contributed by atoms with Crippen molar-refractivity contribution in [3.05, 3.63) is 113 Å². The van der Waals surface area contributed by atoms with E-state index < -0.39 is 0 Å². The molecule has 2 aromatic carbocycles. The third-order valence-electron chi connectivity index (χ3n) is 6.21. The SMILES string of the molecule is COC(=O)c1cccc(-n2cccc2[C@@H]2[C@H](c3ccccn3)NC(=S)N2c2cc(C)cc(C)c2)c1. The molecule has 0 aliphatic carbocycles. The van der Waals surface area contributed by atoms with E-state index in [9.17, 15) is 4.79 Å². The van der Waals surface area contributed by atoms with Gasteiger partial charge in [-0.2, -0.15) is 0 Å². The van der Waals surface area contributed by atoms with E-state index in [-0.39, 0.29) is 18.1 Å². The Morgan fingerprint density at radius 1 is 0.971 bits per heavy atom. The second-order valence-electron chi connectivity index (χ2n) is 8.69. The van der Waals surface area contributed by atoms with Gasteiger partial charge in [0.2, 0.25) is 0 Å². The molecule has 0 bridgehead atoms. The molecule has 176 valence electrons. The van der Waals surface area contributed by atoms with Crippen molar-refractivity contribution in [2.24, 2.45) is 0 Å². The van der Waals surface area contributed by atoms with Gasteiger partial charge in [0.25, 0.3) is 0 Å². The third-order valence-corrected chi connectivity index (χ3v) is 6.53. The highest BCUT2D eigenvalue weighted by Crippen LogP contribution is 2.42. The highest BCUT2D eigenvalue weighted by atomic mass is 32.1. The summed E-state index contributed by atoms with van der Waals surface area (Å²) in [6.07, 6.45) is 3.80. The van der Waals surface area contributed by atoms with Gasteiger partial charge in [0.1, 0.15) is 6.04 Å². The number of esters is 1. The van der Waals surface area contributed by atoms with Crippen LogP contribution >= 0.6 is 12.2 Å². The summed E-state index contributed by atoms with van der Waals surface area (Å²) in [5, 5.41) is 4.17. The van der Waals surface area contributed by atoms with E-state index in [1.165, 1.54) is 18.2 Å². The van der Waals surface area contributed by atoms with Gasteiger partial charge in [-0.1, -0.05) is 18.2 Å². The topological polar surface area (TPSA) is 59.4 Å². The Balaban J connectivity index is 1.67. The lowest BCUT2D eigenvalue weighted by Crippen LogP contribution is -2.30. The van der Waals surface area contributed by atoms with Crippen molar-refractivity contribution in [3.63, 3.8) is 0 Å². The monoisotopic (exact) mass is 482 g/mol. The lowest BCUT2D eigenvalue weighted by atomic mass is 10.00. The first-order valence-electron chi connectivity index (χ1n) is 11.4. The van der Waals surface area contributed by atoms with Crippen LogP contribution in [-0.2, 0) is 4.74 Å². The summed E-state index contributed by atoms with van der Waals surface area (Å²) in [4.78, 5) is 19.0. The summed E-state index contributed by atoms with van der Waals surface area (Å²) in [7, 11) is 1.39. The first-order valence-corrected chi connectivity index (χ1v) is 11.8. The number of carbonyl (C=O) groups is 1. The van der Waals surface area contributed by atoms with Gasteiger partial charge in [-0.15, -0.1) is 0 Å². The van der Waals surface area contributed by atoms with Crippen LogP contribution in [0.3, 0.4) is 0 Å². The molecule has 1 N–H and O–H groups in total. The number of anilines is 1. The normalized spacial score (nSPS) is 17.3. The fraction of sp³-hybridized carbons (Fsp3) is 0.179. The Hall–Kier alpha value is -3.97. The molecule has 3 heterocycles. The lowest BCUT2D eigenvalue weighted by Gasteiger charge is -2.29. The van der Waals surface area contributed by atoms with Crippen LogP contribution in [0.25, 0.3) is 5.69 Å². The minimum atomic E-state index is -0.368. The smallest absolute Gasteiger partial charge is 0.337 e. The number of methoxy groups -OCH3 is 1. The van der Waals surface area contributed by atoms with Crippen LogP contribution in [0.2, 0.25) is 0 Å². The van der Waals surface area contributed by atoms with E-state index in [0.717, 1.165) is 22.8 Å². The molecule has 0 radical (unpaired) electrons. The number of carbonyl (C=O) groups excluding carboxylic acids is 1. The second kappa shape index (κ2) is 9.35. The molecule has 5 rings (SSSR count). The van der Waals surface area contributed by atoms with Crippen LogP contribution in [0.1, 0.15) is 45.0 Å². The molecule has 35 heavy (non-hydrogen) atoms. The zero-order valence-electron chi connectivity index (χ0n) is 19.8. The van der Waals surface area contributed by atoms with Crippen molar-refractivity contribution in [2.45, 2.75) is 25.9 Å². The Morgan fingerprint density at radius 3 is 2.49 bits per heavy atom. The first-order chi connectivity index (χ1) is 17.0. The maximum Gasteiger partial charge on any atom is 0.337 e. The van der Waals surface area contributed by atoms with Gasteiger partial charge < -0.3 is 19.5 Å². The van der Waals surface area contributed by atoms with Gasteiger partial charge in [0, 0.05) is 29.5 Å². The van der Waals surface area contributed by atoms with E-state index in [1.54, 1.807) is 12.3 Å². The van der Waals surface area contributed by atoms with E-state index in [2.05, 4.69) is 57.9 Å². The van der Waals surface area contributed by atoms with Gasteiger partial charge in [-0.25, -0.2) is 4.79 Å². The summed E-state index contributed by atoms with van der Waals surface area (Å²) in [6.45, 7) is 4.19. The van der Waals surface area contributed by atoms with Gasteiger partial charge >= 0.3 is 5.97 Å². The summed E-state index contributed by atoms with van der Waals surface area (Å²) < 4.78 is 7.03. The van der Waals surface area contributed by atoms with Crippen molar-refractivity contribution in [3.8, 4) is 5.69 Å². The molecule has 0 amide bonds. The Morgan fingerprint density at radius 2 is 1.77 bits per heavy atom. The molecular weight excluding hydrogens is 456 g/mol. The number of ether oxygens (including phenoxy) is 1. The number of hydrogen-bond acceptors (Lipinski definition) is 4. The van der Waals surface area contributed by atoms with Crippen LogP contribution in [-0.4, -0.2) is 27.7 Å². The van der Waals surface area contributed by atoms with E-state index >= 15 is 0 Å². The number of hydrogen-bond donors (Lipinski definition) is 1. The molecule has 7 heteroatoms. The Bertz CT molecular complexity index is 1380. The average Bonchev–Trinajstić information content (AvgIpc) is 3.47. The molecule has 0 saturated carbocycles. The predicted octanol–water partition coefficient (Wildman–Crippen LogP) is 5.45. The quantitative estimate of drug-likeness (QED) is 0.301. The molecule has 1 fully saturated rings. The van der Waals surface area contributed by atoms with Crippen LogP contribution in [0.4, 0.5) is 5.69 Å². The molecule has 1 saturated heterocycles. The zero-order chi connectivity index (χ0) is 24.5. The number of pyridine rings is 1. The molecule has 4 aromatic rings. The molecule has 2 aromatic heterocycles. The van der Waals surface area contributed by atoms with E-state index in [4.69, 9.17) is 17.0 Å². The summed E-state index contributed by atoms with van der Waals surface area (Å²) in [6, 6.07) is 23.6. The van der Waals surface area contributed by atoms with Gasteiger partial charge in [-0.05, 0) is 91.8 Å². The molecule has 6 nitrogen and oxygen atoms in total. The van der Waals surface area contributed by atoms with Crippen molar-refractivity contribution in [1.82, 2.24) is 14.9 Å². The van der Waals surface area contributed by atoms with Gasteiger partial charge in [-0.3, -0.25) is 4.98 Å². The molecule has 1 aliphatic heterocycles. The van der Waals surface area contributed by atoms with Crippen molar-refractivity contribution < 1.29 is 9.53 Å². The number of nitrogens with zero attached hydrogens (tertiary/aromatic N) is 3. The van der Waals surface area contributed by atoms with Gasteiger partial charge in [0.05, 0.1) is 24.4 Å². The van der Waals surface area contributed by atoms with Crippen LogP contribution in [0, 0.1) is 13.8 Å². The number of benzene rings is 2. The minimum absolute atomic E-state index is 0.165. The van der Waals surface area contributed by atoms with Crippen LogP contribution < -0.4 is 10.2 Å². The van der Waals surface area contributed by atoms with Crippen molar-refractivity contribution in [2.75, 3.05) is 12.0 Å². The number of aryl methyl sites for hydroxylation is 2. The lowest BCUT2D eigenvalue weighted by molar-refractivity contribution is 0.0600. The van der Waals surface area contributed by atoms with Crippen LogP contribution in [0.5, 0.6) is 0 Å². The van der Waals surface area contributed by atoms with Crippen molar-refractivity contribution in [1.29, 1.82) is 0 Å². The predicted molar refractivity (Wildman–Crippen MR) is 141 cm³/mol.